The van der Waals surface area contributed by atoms with Crippen LogP contribution in [0.4, 0.5) is 0 Å². The fraction of sp³-hybridized carbons (Fsp3) is 0.294. The quantitative estimate of drug-likeness (QED) is 0.711. The van der Waals surface area contributed by atoms with Gasteiger partial charge in [-0.1, -0.05) is 0 Å². The SMILES string of the molecule is COc1ccc(S(=O)(=O)N[C@@H](C)C(=O)NCc2ccncc2)cc1OC. The number of amides is 1. The van der Waals surface area contributed by atoms with Crippen LogP contribution in [-0.4, -0.2) is 39.6 Å². The van der Waals surface area contributed by atoms with E-state index in [0.29, 0.717) is 5.75 Å². The molecule has 1 aromatic heterocycles. The first kappa shape index (κ1) is 19.7. The Labute approximate surface area is 152 Å². The third kappa shape index (κ3) is 4.93. The summed E-state index contributed by atoms with van der Waals surface area (Å²) in [5.74, 6) is 0.255. The summed E-state index contributed by atoms with van der Waals surface area (Å²) in [6.07, 6.45) is 3.23. The molecule has 0 bridgehead atoms. The Morgan fingerprint density at radius 3 is 2.38 bits per heavy atom. The Kier molecular flexibility index (Phi) is 6.53. The molecule has 0 fully saturated rings. The molecule has 0 radical (unpaired) electrons. The van der Waals surface area contributed by atoms with Gasteiger partial charge in [-0.05, 0) is 36.8 Å². The predicted octanol–water partition coefficient (Wildman–Crippen LogP) is 1.08. The minimum absolute atomic E-state index is 0.0241. The molecule has 1 amide bonds. The third-order valence-electron chi connectivity index (χ3n) is 3.61. The number of hydrogen-bond acceptors (Lipinski definition) is 6. The molecular weight excluding hydrogens is 358 g/mol. The first-order chi connectivity index (χ1) is 12.4. The molecule has 8 nitrogen and oxygen atoms in total. The fourth-order valence-corrected chi connectivity index (χ4v) is 3.40. The van der Waals surface area contributed by atoms with Gasteiger partial charge in [-0.3, -0.25) is 9.78 Å². The number of methoxy groups -OCH3 is 2. The number of ether oxygens (including phenoxy) is 2. The minimum atomic E-state index is -3.90. The average molecular weight is 379 g/mol. The highest BCUT2D eigenvalue weighted by atomic mass is 32.2. The van der Waals surface area contributed by atoms with Gasteiger partial charge in [0.2, 0.25) is 15.9 Å². The van der Waals surface area contributed by atoms with Crippen molar-refractivity contribution in [1.82, 2.24) is 15.0 Å². The lowest BCUT2D eigenvalue weighted by Crippen LogP contribution is -2.44. The fourth-order valence-electron chi connectivity index (χ4n) is 2.18. The third-order valence-corrected chi connectivity index (χ3v) is 5.15. The lowest BCUT2D eigenvalue weighted by atomic mass is 10.2. The van der Waals surface area contributed by atoms with Gasteiger partial charge in [-0.15, -0.1) is 0 Å². The highest BCUT2D eigenvalue weighted by Crippen LogP contribution is 2.29. The van der Waals surface area contributed by atoms with Crippen molar-refractivity contribution in [1.29, 1.82) is 0 Å². The van der Waals surface area contributed by atoms with Crippen LogP contribution in [0.2, 0.25) is 0 Å². The van der Waals surface area contributed by atoms with Crippen molar-refractivity contribution in [2.45, 2.75) is 24.4 Å². The van der Waals surface area contributed by atoms with E-state index in [4.69, 9.17) is 9.47 Å². The Morgan fingerprint density at radius 1 is 1.12 bits per heavy atom. The van der Waals surface area contributed by atoms with Crippen molar-refractivity contribution in [3.63, 3.8) is 0 Å². The van der Waals surface area contributed by atoms with Crippen molar-refractivity contribution >= 4 is 15.9 Å². The second-order valence-corrected chi connectivity index (χ2v) is 7.15. The maximum atomic E-state index is 12.5. The van der Waals surface area contributed by atoms with Gasteiger partial charge in [0.25, 0.3) is 0 Å². The first-order valence-electron chi connectivity index (χ1n) is 7.78. The molecule has 1 aromatic carbocycles. The lowest BCUT2D eigenvalue weighted by molar-refractivity contribution is -0.122. The molecule has 0 saturated heterocycles. The molecule has 9 heteroatoms. The summed E-state index contributed by atoms with van der Waals surface area (Å²) in [4.78, 5) is 16.0. The molecule has 26 heavy (non-hydrogen) atoms. The highest BCUT2D eigenvalue weighted by Gasteiger charge is 2.23. The monoisotopic (exact) mass is 379 g/mol. The molecule has 0 spiro atoms. The molecule has 0 aliphatic carbocycles. The van der Waals surface area contributed by atoms with E-state index in [1.54, 1.807) is 24.5 Å². The molecular formula is C17H21N3O5S. The van der Waals surface area contributed by atoms with Gasteiger partial charge in [0.15, 0.2) is 11.5 Å². The number of sulfonamides is 1. The number of carbonyl (C=O) groups is 1. The van der Waals surface area contributed by atoms with E-state index in [0.717, 1.165) is 5.56 Å². The minimum Gasteiger partial charge on any atom is -0.493 e. The van der Waals surface area contributed by atoms with E-state index in [2.05, 4.69) is 15.0 Å². The van der Waals surface area contributed by atoms with E-state index in [1.165, 1.54) is 39.3 Å². The summed E-state index contributed by atoms with van der Waals surface area (Å²) in [6, 6.07) is 6.78. The summed E-state index contributed by atoms with van der Waals surface area (Å²) in [5.41, 5.74) is 0.864. The van der Waals surface area contributed by atoms with Gasteiger partial charge in [0.1, 0.15) is 0 Å². The van der Waals surface area contributed by atoms with Crippen molar-refractivity contribution in [2.24, 2.45) is 0 Å². The highest BCUT2D eigenvalue weighted by molar-refractivity contribution is 7.89. The van der Waals surface area contributed by atoms with Gasteiger partial charge < -0.3 is 14.8 Å². The first-order valence-corrected chi connectivity index (χ1v) is 9.26. The molecule has 2 rings (SSSR count). The van der Waals surface area contributed by atoms with E-state index in [1.807, 2.05) is 0 Å². The molecule has 0 aliphatic heterocycles. The molecule has 2 N–H and O–H groups in total. The van der Waals surface area contributed by atoms with Crippen LogP contribution in [0, 0.1) is 0 Å². The molecule has 0 saturated carbocycles. The Hall–Kier alpha value is -2.65. The maximum absolute atomic E-state index is 12.5. The van der Waals surface area contributed by atoms with Gasteiger partial charge in [-0.25, -0.2) is 8.42 Å². The topological polar surface area (TPSA) is 107 Å². The second kappa shape index (κ2) is 8.63. The van der Waals surface area contributed by atoms with Gasteiger partial charge in [-0.2, -0.15) is 4.72 Å². The lowest BCUT2D eigenvalue weighted by Gasteiger charge is -2.15. The van der Waals surface area contributed by atoms with Crippen LogP contribution in [0.5, 0.6) is 11.5 Å². The van der Waals surface area contributed by atoms with Crippen LogP contribution in [0.1, 0.15) is 12.5 Å². The van der Waals surface area contributed by atoms with Crippen molar-refractivity contribution in [3.8, 4) is 11.5 Å². The average Bonchev–Trinajstić information content (AvgIpc) is 2.65. The number of nitrogens with zero attached hydrogens (tertiary/aromatic N) is 1. The largest absolute Gasteiger partial charge is 0.493 e. The zero-order chi connectivity index (χ0) is 19.2. The van der Waals surface area contributed by atoms with Gasteiger partial charge >= 0.3 is 0 Å². The van der Waals surface area contributed by atoms with E-state index < -0.39 is 22.0 Å². The van der Waals surface area contributed by atoms with Gasteiger partial charge in [0.05, 0.1) is 25.2 Å². The molecule has 2 aromatic rings. The summed E-state index contributed by atoms with van der Waals surface area (Å²) >= 11 is 0. The summed E-state index contributed by atoms with van der Waals surface area (Å²) in [5, 5.41) is 2.68. The number of aromatic nitrogens is 1. The molecule has 1 atom stereocenters. The predicted molar refractivity (Wildman–Crippen MR) is 95.4 cm³/mol. The van der Waals surface area contributed by atoms with Crippen molar-refractivity contribution in [2.75, 3.05) is 14.2 Å². The summed E-state index contributed by atoms with van der Waals surface area (Å²) in [6.45, 7) is 1.75. The molecule has 140 valence electrons. The molecule has 0 aliphatic rings. The maximum Gasteiger partial charge on any atom is 0.241 e. The zero-order valence-corrected chi connectivity index (χ0v) is 15.5. The second-order valence-electron chi connectivity index (χ2n) is 5.43. The van der Waals surface area contributed by atoms with E-state index >= 15 is 0 Å². The Morgan fingerprint density at radius 2 is 1.77 bits per heavy atom. The van der Waals surface area contributed by atoms with E-state index in [9.17, 15) is 13.2 Å². The molecule has 1 heterocycles. The Bertz CT molecular complexity index is 856. The van der Waals surface area contributed by atoms with Crippen LogP contribution in [0.3, 0.4) is 0 Å². The Balaban J connectivity index is 2.04. The van der Waals surface area contributed by atoms with Gasteiger partial charge in [0, 0.05) is 25.0 Å². The van der Waals surface area contributed by atoms with Crippen molar-refractivity contribution < 1.29 is 22.7 Å². The number of hydrogen-bond donors (Lipinski definition) is 2. The van der Waals surface area contributed by atoms with Crippen LogP contribution in [0.25, 0.3) is 0 Å². The normalized spacial score (nSPS) is 12.3. The summed E-state index contributed by atoms with van der Waals surface area (Å²) < 4.78 is 37.5. The van der Waals surface area contributed by atoms with Crippen LogP contribution in [0.15, 0.2) is 47.6 Å². The summed E-state index contributed by atoms with van der Waals surface area (Å²) in [7, 11) is -1.03. The van der Waals surface area contributed by atoms with Crippen molar-refractivity contribution in [3.05, 3.63) is 48.3 Å². The molecule has 0 unspecified atom stereocenters. The number of carbonyl (C=O) groups excluding carboxylic acids is 1. The van der Waals surface area contributed by atoms with Crippen LogP contribution >= 0.6 is 0 Å². The van der Waals surface area contributed by atoms with Crippen LogP contribution < -0.4 is 19.5 Å². The smallest absolute Gasteiger partial charge is 0.241 e. The van der Waals surface area contributed by atoms with Crippen LogP contribution in [-0.2, 0) is 21.4 Å². The number of rotatable bonds is 8. The number of nitrogens with one attached hydrogen (secondary N) is 2. The van der Waals surface area contributed by atoms with E-state index in [-0.39, 0.29) is 17.2 Å². The standard InChI is InChI=1S/C17H21N3O5S/c1-12(17(21)19-11-13-6-8-18-9-7-13)20-26(22,23)14-4-5-15(24-2)16(10-14)25-3/h4-10,12,20H,11H2,1-3H3,(H,19,21)/t12-/m0/s1. The number of pyridine rings is 1. The number of benzene rings is 1. The zero-order valence-electron chi connectivity index (χ0n) is 14.7.